The van der Waals surface area contributed by atoms with E-state index in [4.69, 9.17) is 15.0 Å². The first-order chi connectivity index (χ1) is 13.0. The van der Waals surface area contributed by atoms with Crippen LogP contribution in [0.1, 0.15) is 35.2 Å². The molecule has 3 rings (SSSR count). The van der Waals surface area contributed by atoms with Crippen LogP contribution in [0.3, 0.4) is 0 Å². The SMILES string of the molecule is CCCNC(=O)c1ccc(Oc2nc(-c3c(C)noc3C)cnc2N)cc1. The Morgan fingerprint density at radius 3 is 2.63 bits per heavy atom. The van der Waals surface area contributed by atoms with Crippen LogP contribution in [0.25, 0.3) is 11.3 Å². The average molecular weight is 367 g/mol. The Morgan fingerprint density at radius 1 is 1.26 bits per heavy atom. The summed E-state index contributed by atoms with van der Waals surface area (Å²) in [5.41, 5.74) is 8.48. The van der Waals surface area contributed by atoms with Crippen molar-refractivity contribution in [1.29, 1.82) is 0 Å². The summed E-state index contributed by atoms with van der Waals surface area (Å²) in [6.07, 6.45) is 2.43. The lowest BCUT2D eigenvalue weighted by molar-refractivity contribution is 0.0953. The third kappa shape index (κ3) is 4.05. The fourth-order valence-corrected chi connectivity index (χ4v) is 2.55. The number of aromatic nitrogens is 3. The normalized spacial score (nSPS) is 10.6. The van der Waals surface area contributed by atoms with Crippen molar-refractivity contribution in [1.82, 2.24) is 20.4 Å². The molecule has 0 atom stereocenters. The number of amides is 1. The summed E-state index contributed by atoms with van der Waals surface area (Å²) in [5, 5.41) is 6.75. The summed E-state index contributed by atoms with van der Waals surface area (Å²) in [4.78, 5) is 20.5. The van der Waals surface area contributed by atoms with Crippen LogP contribution >= 0.6 is 0 Å². The number of hydrogen-bond donors (Lipinski definition) is 2. The third-order valence-corrected chi connectivity index (χ3v) is 3.92. The van der Waals surface area contributed by atoms with E-state index in [9.17, 15) is 4.79 Å². The smallest absolute Gasteiger partial charge is 0.263 e. The molecule has 0 aliphatic carbocycles. The number of rotatable bonds is 6. The Kier molecular flexibility index (Phi) is 5.35. The van der Waals surface area contributed by atoms with Gasteiger partial charge in [0.2, 0.25) is 0 Å². The van der Waals surface area contributed by atoms with Crippen molar-refractivity contribution in [2.45, 2.75) is 27.2 Å². The molecule has 0 spiro atoms. The van der Waals surface area contributed by atoms with Crippen molar-refractivity contribution in [3.8, 4) is 22.9 Å². The van der Waals surface area contributed by atoms with Crippen LogP contribution in [0.5, 0.6) is 11.6 Å². The second kappa shape index (κ2) is 7.86. The lowest BCUT2D eigenvalue weighted by Gasteiger charge is -2.09. The summed E-state index contributed by atoms with van der Waals surface area (Å²) < 4.78 is 10.9. The third-order valence-electron chi connectivity index (χ3n) is 3.92. The monoisotopic (exact) mass is 367 g/mol. The van der Waals surface area contributed by atoms with Crippen LogP contribution in [0, 0.1) is 13.8 Å². The van der Waals surface area contributed by atoms with Crippen LogP contribution in [-0.2, 0) is 0 Å². The molecule has 0 fully saturated rings. The van der Waals surface area contributed by atoms with E-state index in [2.05, 4.69) is 20.4 Å². The highest BCUT2D eigenvalue weighted by molar-refractivity contribution is 5.94. The van der Waals surface area contributed by atoms with Gasteiger partial charge in [0.25, 0.3) is 11.8 Å². The Hall–Kier alpha value is -3.42. The van der Waals surface area contributed by atoms with Gasteiger partial charge in [-0.3, -0.25) is 4.79 Å². The van der Waals surface area contributed by atoms with Crippen molar-refractivity contribution in [2.75, 3.05) is 12.3 Å². The molecule has 140 valence electrons. The first-order valence-electron chi connectivity index (χ1n) is 8.61. The van der Waals surface area contributed by atoms with Gasteiger partial charge in [-0.15, -0.1) is 0 Å². The predicted molar refractivity (Wildman–Crippen MR) is 101 cm³/mol. The van der Waals surface area contributed by atoms with Gasteiger partial charge in [0.05, 0.1) is 23.1 Å². The molecule has 8 nitrogen and oxygen atoms in total. The minimum absolute atomic E-state index is 0.122. The van der Waals surface area contributed by atoms with Crippen molar-refractivity contribution < 1.29 is 14.1 Å². The number of nitrogens with one attached hydrogen (secondary N) is 1. The second-order valence-electron chi connectivity index (χ2n) is 6.03. The van der Waals surface area contributed by atoms with Gasteiger partial charge in [-0.2, -0.15) is 0 Å². The fraction of sp³-hybridized carbons (Fsp3) is 0.263. The highest BCUT2D eigenvalue weighted by Gasteiger charge is 2.16. The number of benzene rings is 1. The van der Waals surface area contributed by atoms with E-state index in [0.717, 1.165) is 12.0 Å². The van der Waals surface area contributed by atoms with E-state index in [-0.39, 0.29) is 17.6 Å². The van der Waals surface area contributed by atoms with Gasteiger partial charge in [0.1, 0.15) is 11.5 Å². The highest BCUT2D eigenvalue weighted by Crippen LogP contribution is 2.30. The fourth-order valence-electron chi connectivity index (χ4n) is 2.55. The number of nitrogen functional groups attached to an aromatic ring is 1. The molecule has 0 aliphatic rings. The Balaban J connectivity index is 1.81. The predicted octanol–water partition coefficient (Wildman–Crippen LogP) is 3.26. The summed E-state index contributed by atoms with van der Waals surface area (Å²) in [5.74, 6) is 1.35. The molecule has 0 saturated heterocycles. The maximum absolute atomic E-state index is 12.0. The Bertz CT molecular complexity index is 931. The molecule has 3 aromatic rings. The number of nitrogens with two attached hydrogens (primary N) is 1. The zero-order valence-corrected chi connectivity index (χ0v) is 15.4. The summed E-state index contributed by atoms with van der Waals surface area (Å²) >= 11 is 0. The van der Waals surface area contributed by atoms with E-state index in [1.165, 1.54) is 0 Å². The Morgan fingerprint density at radius 2 is 2.00 bits per heavy atom. The van der Waals surface area contributed by atoms with Gasteiger partial charge in [0, 0.05) is 12.1 Å². The molecule has 1 amide bonds. The van der Waals surface area contributed by atoms with Gasteiger partial charge in [0.15, 0.2) is 5.82 Å². The van der Waals surface area contributed by atoms with Crippen molar-refractivity contribution in [3.05, 3.63) is 47.5 Å². The Labute approximate surface area is 156 Å². The van der Waals surface area contributed by atoms with Crippen molar-refractivity contribution in [3.63, 3.8) is 0 Å². The quantitative estimate of drug-likeness (QED) is 0.687. The minimum Gasteiger partial charge on any atom is -0.436 e. The number of carbonyl (C=O) groups is 1. The first kappa shape index (κ1) is 18.4. The minimum atomic E-state index is -0.122. The molecule has 0 aliphatic heterocycles. The zero-order valence-electron chi connectivity index (χ0n) is 15.4. The molecule has 0 saturated carbocycles. The molecule has 0 radical (unpaired) electrons. The van der Waals surface area contributed by atoms with E-state index < -0.39 is 0 Å². The van der Waals surface area contributed by atoms with Crippen molar-refractivity contribution in [2.24, 2.45) is 0 Å². The average Bonchev–Trinajstić information content (AvgIpc) is 3.00. The van der Waals surface area contributed by atoms with Gasteiger partial charge in [-0.05, 0) is 44.5 Å². The van der Waals surface area contributed by atoms with Crippen LogP contribution in [0.4, 0.5) is 5.82 Å². The number of ether oxygens (including phenoxy) is 1. The van der Waals surface area contributed by atoms with E-state index in [0.29, 0.717) is 35.0 Å². The van der Waals surface area contributed by atoms with E-state index in [1.807, 2.05) is 13.8 Å². The van der Waals surface area contributed by atoms with E-state index >= 15 is 0 Å². The second-order valence-corrected chi connectivity index (χ2v) is 6.03. The standard InChI is InChI=1S/C19H21N5O3/c1-4-9-21-18(25)13-5-7-14(8-6-13)26-19-17(20)22-10-15(23-19)16-11(2)24-27-12(16)3/h5-8,10H,4,9H2,1-3H3,(H2,20,22)(H,21,25). The van der Waals surface area contributed by atoms with E-state index in [1.54, 1.807) is 37.4 Å². The summed E-state index contributed by atoms with van der Waals surface area (Å²) in [6, 6.07) is 6.74. The number of aryl methyl sites for hydroxylation is 2. The highest BCUT2D eigenvalue weighted by atomic mass is 16.5. The molecule has 3 N–H and O–H groups in total. The number of nitrogens with zero attached hydrogens (tertiary/aromatic N) is 3. The number of anilines is 1. The molecular weight excluding hydrogens is 346 g/mol. The summed E-state index contributed by atoms with van der Waals surface area (Å²) in [6.45, 7) is 6.26. The molecule has 8 heteroatoms. The first-order valence-corrected chi connectivity index (χ1v) is 8.61. The number of hydrogen-bond acceptors (Lipinski definition) is 7. The topological polar surface area (TPSA) is 116 Å². The molecule has 0 unspecified atom stereocenters. The lowest BCUT2D eigenvalue weighted by atomic mass is 10.1. The van der Waals surface area contributed by atoms with Crippen LogP contribution in [0.15, 0.2) is 35.0 Å². The molecule has 0 bridgehead atoms. The largest absolute Gasteiger partial charge is 0.436 e. The van der Waals surface area contributed by atoms with Crippen LogP contribution < -0.4 is 15.8 Å². The molecule has 2 heterocycles. The molecule has 2 aromatic heterocycles. The molecule has 27 heavy (non-hydrogen) atoms. The van der Waals surface area contributed by atoms with Crippen LogP contribution in [0.2, 0.25) is 0 Å². The summed E-state index contributed by atoms with van der Waals surface area (Å²) in [7, 11) is 0. The maximum atomic E-state index is 12.0. The maximum Gasteiger partial charge on any atom is 0.263 e. The van der Waals surface area contributed by atoms with Gasteiger partial charge in [-0.1, -0.05) is 12.1 Å². The lowest BCUT2D eigenvalue weighted by Crippen LogP contribution is -2.23. The number of carbonyl (C=O) groups excluding carboxylic acids is 1. The van der Waals surface area contributed by atoms with Gasteiger partial charge >= 0.3 is 0 Å². The van der Waals surface area contributed by atoms with Crippen LogP contribution in [-0.4, -0.2) is 27.6 Å². The molecule has 1 aromatic carbocycles. The van der Waals surface area contributed by atoms with Gasteiger partial charge in [-0.25, -0.2) is 9.97 Å². The molecular formula is C19H21N5O3. The zero-order chi connectivity index (χ0) is 19.4. The van der Waals surface area contributed by atoms with Gasteiger partial charge < -0.3 is 20.3 Å². The van der Waals surface area contributed by atoms with Crippen molar-refractivity contribution >= 4 is 11.7 Å².